The molecule has 0 aliphatic heterocycles. The first kappa shape index (κ1) is 14.4. The zero-order chi connectivity index (χ0) is 11.7. The number of hydrogen-bond acceptors (Lipinski definition) is 4. The Morgan fingerprint density at radius 1 is 1.40 bits per heavy atom. The van der Waals surface area contributed by atoms with Crippen molar-refractivity contribution in [1.82, 2.24) is 0 Å². The van der Waals surface area contributed by atoms with Crippen LogP contribution in [0.2, 0.25) is 0 Å². The fourth-order valence-corrected chi connectivity index (χ4v) is 1.27. The molecule has 0 aliphatic rings. The molecule has 0 spiro atoms. The van der Waals surface area contributed by atoms with Crippen molar-refractivity contribution in [2.75, 3.05) is 13.2 Å². The second kappa shape index (κ2) is 8.68. The van der Waals surface area contributed by atoms with E-state index in [1.165, 1.54) is 0 Å². The molecule has 90 valence electrons. The third-order valence-electron chi connectivity index (χ3n) is 2.12. The van der Waals surface area contributed by atoms with Gasteiger partial charge in [0.05, 0.1) is 25.2 Å². The number of aliphatic hydroxyl groups is 1. The number of esters is 1. The second-order valence-electron chi connectivity index (χ2n) is 3.50. The molecule has 1 N–H and O–H groups in total. The molecule has 15 heavy (non-hydrogen) atoms. The molecule has 0 aromatic rings. The maximum Gasteiger partial charge on any atom is 0.308 e. The van der Waals surface area contributed by atoms with Gasteiger partial charge in [0.1, 0.15) is 0 Å². The molecule has 0 amide bonds. The zero-order valence-corrected chi connectivity index (χ0v) is 9.86. The predicted octanol–water partition coefficient (Wildman–Crippen LogP) is 1.51. The first-order valence-corrected chi connectivity index (χ1v) is 5.55. The summed E-state index contributed by atoms with van der Waals surface area (Å²) in [4.78, 5) is 11.2. The standard InChI is InChI=1S/C11H22O4/c1-4-10(8-11(13)14-5-2)15-9(3)6-7-12/h9-10,12H,4-8H2,1-3H3/t9-,10-/m0/s1. The number of hydrogen-bond donors (Lipinski definition) is 1. The number of carbonyl (C=O) groups is 1. The van der Waals surface area contributed by atoms with E-state index in [1.54, 1.807) is 6.92 Å². The lowest BCUT2D eigenvalue weighted by atomic mass is 10.2. The van der Waals surface area contributed by atoms with E-state index < -0.39 is 0 Å². The van der Waals surface area contributed by atoms with Gasteiger partial charge in [-0.2, -0.15) is 0 Å². The average Bonchev–Trinajstić information content (AvgIpc) is 2.17. The van der Waals surface area contributed by atoms with Gasteiger partial charge in [0.15, 0.2) is 0 Å². The van der Waals surface area contributed by atoms with Gasteiger partial charge in [0.25, 0.3) is 0 Å². The van der Waals surface area contributed by atoms with Gasteiger partial charge in [-0.3, -0.25) is 4.79 Å². The van der Waals surface area contributed by atoms with E-state index in [4.69, 9.17) is 14.6 Å². The largest absolute Gasteiger partial charge is 0.466 e. The van der Waals surface area contributed by atoms with Crippen LogP contribution in [0.4, 0.5) is 0 Å². The highest BCUT2D eigenvalue weighted by atomic mass is 16.5. The Kier molecular flexibility index (Phi) is 8.33. The Balaban J connectivity index is 3.86. The van der Waals surface area contributed by atoms with Gasteiger partial charge < -0.3 is 14.6 Å². The molecule has 0 fully saturated rings. The fraction of sp³-hybridized carbons (Fsp3) is 0.909. The van der Waals surface area contributed by atoms with Crippen LogP contribution in [-0.4, -0.2) is 36.5 Å². The van der Waals surface area contributed by atoms with Crippen molar-refractivity contribution in [3.8, 4) is 0 Å². The SMILES string of the molecule is CCOC(=O)C[C@H](CC)O[C@@H](C)CCO. The highest BCUT2D eigenvalue weighted by Gasteiger charge is 2.16. The third kappa shape index (κ3) is 7.33. The first-order chi connectivity index (χ1) is 7.13. The van der Waals surface area contributed by atoms with Crippen molar-refractivity contribution in [2.45, 2.75) is 52.2 Å². The molecule has 0 saturated heterocycles. The van der Waals surface area contributed by atoms with E-state index in [0.717, 1.165) is 6.42 Å². The van der Waals surface area contributed by atoms with Crippen molar-refractivity contribution in [3.05, 3.63) is 0 Å². The molecule has 0 heterocycles. The Hall–Kier alpha value is -0.610. The summed E-state index contributed by atoms with van der Waals surface area (Å²) in [5.74, 6) is -0.222. The molecule has 4 heteroatoms. The molecule has 0 rings (SSSR count). The number of ether oxygens (including phenoxy) is 2. The van der Waals surface area contributed by atoms with E-state index >= 15 is 0 Å². The van der Waals surface area contributed by atoms with E-state index in [1.807, 2.05) is 13.8 Å². The van der Waals surface area contributed by atoms with Gasteiger partial charge in [-0.25, -0.2) is 0 Å². The minimum Gasteiger partial charge on any atom is -0.466 e. The van der Waals surface area contributed by atoms with Crippen LogP contribution < -0.4 is 0 Å². The number of aliphatic hydroxyl groups excluding tert-OH is 1. The van der Waals surface area contributed by atoms with Crippen molar-refractivity contribution in [1.29, 1.82) is 0 Å². The molecular formula is C11H22O4. The van der Waals surface area contributed by atoms with Crippen molar-refractivity contribution < 1.29 is 19.4 Å². The lowest BCUT2D eigenvalue weighted by Gasteiger charge is -2.20. The molecule has 4 nitrogen and oxygen atoms in total. The fourth-order valence-electron chi connectivity index (χ4n) is 1.27. The third-order valence-corrected chi connectivity index (χ3v) is 2.12. The zero-order valence-electron chi connectivity index (χ0n) is 9.86. The highest BCUT2D eigenvalue weighted by molar-refractivity contribution is 5.69. The summed E-state index contributed by atoms with van der Waals surface area (Å²) >= 11 is 0. The Labute approximate surface area is 91.6 Å². The van der Waals surface area contributed by atoms with Crippen LogP contribution in [-0.2, 0) is 14.3 Å². The summed E-state index contributed by atoms with van der Waals surface area (Å²) in [6.07, 6.45) is 1.54. The number of carbonyl (C=O) groups excluding carboxylic acids is 1. The predicted molar refractivity (Wildman–Crippen MR) is 57.6 cm³/mol. The smallest absolute Gasteiger partial charge is 0.308 e. The molecule has 0 aromatic heterocycles. The Bertz CT molecular complexity index is 170. The van der Waals surface area contributed by atoms with Crippen LogP contribution in [0, 0.1) is 0 Å². The van der Waals surface area contributed by atoms with Crippen molar-refractivity contribution >= 4 is 5.97 Å². The molecule has 0 aromatic carbocycles. The normalized spacial score (nSPS) is 14.7. The summed E-state index contributed by atoms with van der Waals surface area (Å²) in [7, 11) is 0. The van der Waals surface area contributed by atoms with Crippen molar-refractivity contribution in [3.63, 3.8) is 0 Å². The summed E-state index contributed by atoms with van der Waals surface area (Å²) in [6.45, 7) is 6.16. The molecule has 0 unspecified atom stereocenters. The van der Waals surface area contributed by atoms with Gasteiger partial charge in [0, 0.05) is 6.61 Å². The number of rotatable bonds is 8. The van der Waals surface area contributed by atoms with E-state index in [2.05, 4.69) is 0 Å². The maximum atomic E-state index is 11.2. The van der Waals surface area contributed by atoms with Gasteiger partial charge in [0.2, 0.25) is 0 Å². The molecule has 0 bridgehead atoms. The van der Waals surface area contributed by atoms with Crippen LogP contribution in [0.25, 0.3) is 0 Å². The van der Waals surface area contributed by atoms with Gasteiger partial charge in [-0.05, 0) is 26.7 Å². The van der Waals surface area contributed by atoms with Crippen molar-refractivity contribution in [2.24, 2.45) is 0 Å². The van der Waals surface area contributed by atoms with Gasteiger partial charge >= 0.3 is 5.97 Å². The topological polar surface area (TPSA) is 55.8 Å². The summed E-state index contributed by atoms with van der Waals surface area (Å²) < 4.78 is 10.4. The first-order valence-electron chi connectivity index (χ1n) is 5.55. The van der Waals surface area contributed by atoms with E-state index in [-0.39, 0.29) is 24.8 Å². The quantitative estimate of drug-likeness (QED) is 0.627. The van der Waals surface area contributed by atoms with E-state index in [9.17, 15) is 4.79 Å². The van der Waals surface area contributed by atoms with Crippen LogP contribution >= 0.6 is 0 Å². The molecular weight excluding hydrogens is 196 g/mol. The molecule has 0 aliphatic carbocycles. The molecule has 0 radical (unpaired) electrons. The van der Waals surface area contributed by atoms with Crippen LogP contribution in [0.15, 0.2) is 0 Å². The van der Waals surface area contributed by atoms with Crippen LogP contribution in [0.3, 0.4) is 0 Å². The average molecular weight is 218 g/mol. The minimum absolute atomic E-state index is 0.0191. The lowest BCUT2D eigenvalue weighted by molar-refractivity contribution is -0.147. The maximum absolute atomic E-state index is 11.2. The Morgan fingerprint density at radius 2 is 2.07 bits per heavy atom. The summed E-state index contributed by atoms with van der Waals surface area (Å²) in [5.41, 5.74) is 0. The second-order valence-corrected chi connectivity index (χ2v) is 3.50. The van der Waals surface area contributed by atoms with Crippen LogP contribution in [0.5, 0.6) is 0 Å². The molecule has 2 atom stereocenters. The lowest BCUT2D eigenvalue weighted by Crippen LogP contribution is -2.24. The minimum atomic E-state index is -0.222. The molecule has 0 saturated carbocycles. The summed E-state index contributed by atoms with van der Waals surface area (Å²) in [5, 5.41) is 8.72. The highest BCUT2D eigenvalue weighted by Crippen LogP contribution is 2.10. The van der Waals surface area contributed by atoms with Crippen LogP contribution in [0.1, 0.15) is 40.0 Å². The summed E-state index contributed by atoms with van der Waals surface area (Å²) in [6, 6.07) is 0. The van der Waals surface area contributed by atoms with Gasteiger partial charge in [-0.1, -0.05) is 6.92 Å². The van der Waals surface area contributed by atoms with E-state index in [0.29, 0.717) is 19.4 Å². The Morgan fingerprint density at radius 3 is 2.53 bits per heavy atom. The van der Waals surface area contributed by atoms with Gasteiger partial charge in [-0.15, -0.1) is 0 Å². The monoisotopic (exact) mass is 218 g/mol.